The molecule has 0 heterocycles. The van der Waals surface area contributed by atoms with Crippen LogP contribution in [-0.4, -0.2) is 11.1 Å². The van der Waals surface area contributed by atoms with Crippen molar-refractivity contribution in [2.75, 3.05) is 0 Å². The third-order valence-corrected chi connectivity index (χ3v) is 2.86. The fourth-order valence-corrected chi connectivity index (χ4v) is 1.73. The largest absolute Gasteiger partial charge is 0.481 e. The summed E-state index contributed by atoms with van der Waals surface area (Å²) in [6.07, 6.45) is 0.224. The van der Waals surface area contributed by atoms with E-state index in [9.17, 15) is 9.18 Å². The molecule has 0 spiro atoms. The molecule has 0 bridgehead atoms. The minimum absolute atomic E-state index is 0.0382. The Kier molecular flexibility index (Phi) is 3.69. The maximum absolute atomic E-state index is 13.3. The smallest absolute Gasteiger partial charge is 0.303 e. The predicted molar refractivity (Wildman–Crippen MR) is 56.8 cm³/mol. The van der Waals surface area contributed by atoms with E-state index in [0.29, 0.717) is 5.56 Å². The molecule has 1 rings (SSSR count). The van der Waals surface area contributed by atoms with Gasteiger partial charge in [0.05, 0.1) is 5.02 Å². The van der Waals surface area contributed by atoms with E-state index < -0.39 is 11.8 Å². The minimum Gasteiger partial charge on any atom is -0.481 e. The molecule has 0 aromatic heterocycles. The molecular formula is C11H12ClFO2. The number of carboxylic acid groups (broad SMARTS) is 1. The zero-order valence-electron chi connectivity index (χ0n) is 8.60. The van der Waals surface area contributed by atoms with Gasteiger partial charge >= 0.3 is 5.97 Å². The third kappa shape index (κ3) is 2.69. The van der Waals surface area contributed by atoms with E-state index in [1.807, 2.05) is 6.92 Å². The molecule has 1 N–H and O–H groups in total. The number of hydrogen-bond donors (Lipinski definition) is 1. The zero-order valence-corrected chi connectivity index (χ0v) is 9.36. The Hall–Kier alpha value is -1.09. The van der Waals surface area contributed by atoms with Crippen molar-refractivity contribution in [2.24, 2.45) is 0 Å². The summed E-state index contributed by atoms with van der Waals surface area (Å²) in [5, 5.41) is 8.60. The van der Waals surface area contributed by atoms with E-state index in [2.05, 4.69) is 0 Å². The van der Waals surface area contributed by atoms with E-state index in [1.165, 1.54) is 6.07 Å². The summed E-state index contributed by atoms with van der Waals surface area (Å²) in [6, 6.07) is 1.36. The molecule has 0 aliphatic heterocycles. The molecule has 0 saturated carbocycles. The minimum atomic E-state index is -0.910. The highest BCUT2D eigenvalue weighted by atomic mass is 35.5. The zero-order chi connectivity index (χ0) is 11.6. The Bertz CT molecular complexity index is 376. The molecule has 0 fully saturated rings. The van der Waals surface area contributed by atoms with Crippen LogP contribution in [0.5, 0.6) is 0 Å². The van der Waals surface area contributed by atoms with Crippen molar-refractivity contribution in [2.45, 2.75) is 26.7 Å². The molecular weight excluding hydrogens is 219 g/mol. The maximum atomic E-state index is 13.3. The summed E-state index contributed by atoms with van der Waals surface area (Å²) < 4.78 is 13.3. The lowest BCUT2D eigenvalue weighted by Gasteiger charge is -2.10. The molecule has 0 atom stereocenters. The highest BCUT2D eigenvalue weighted by Gasteiger charge is 2.13. The number of carboxylic acids is 1. The maximum Gasteiger partial charge on any atom is 0.303 e. The molecule has 4 heteroatoms. The average molecular weight is 231 g/mol. The number of carbonyl (C=O) groups is 1. The van der Waals surface area contributed by atoms with Crippen LogP contribution in [0.15, 0.2) is 6.07 Å². The summed E-state index contributed by atoms with van der Waals surface area (Å²) >= 11 is 5.79. The SMILES string of the molecule is Cc1cc(F)c(Cl)c(CCC(=O)O)c1C. The molecule has 2 nitrogen and oxygen atoms in total. The van der Waals surface area contributed by atoms with Crippen molar-refractivity contribution < 1.29 is 14.3 Å². The lowest BCUT2D eigenvalue weighted by molar-refractivity contribution is -0.136. The van der Waals surface area contributed by atoms with Gasteiger partial charge in [0.25, 0.3) is 0 Å². The summed E-state index contributed by atoms with van der Waals surface area (Å²) in [6.45, 7) is 3.59. The van der Waals surface area contributed by atoms with Crippen LogP contribution in [0.2, 0.25) is 5.02 Å². The summed E-state index contributed by atoms with van der Waals surface area (Å²) in [5.41, 5.74) is 2.25. The highest BCUT2D eigenvalue weighted by molar-refractivity contribution is 6.31. The molecule has 0 unspecified atom stereocenters. The van der Waals surface area contributed by atoms with Crippen molar-refractivity contribution in [3.63, 3.8) is 0 Å². The lowest BCUT2D eigenvalue weighted by Crippen LogP contribution is -2.02. The average Bonchev–Trinajstić information content (AvgIpc) is 2.14. The summed E-state index contributed by atoms with van der Waals surface area (Å²) in [5.74, 6) is -1.40. The monoisotopic (exact) mass is 230 g/mol. The predicted octanol–water partition coefficient (Wildman–Crippen LogP) is 3.11. The van der Waals surface area contributed by atoms with Crippen molar-refractivity contribution in [3.05, 3.63) is 33.6 Å². The fourth-order valence-electron chi connectivity index (χ4n) is 1.44. The topological polar surface area (TPSA) is 37.3 Å². The second-order valence-electron chi connectivity index (χ2n) is 3.49. The molecule has 0 aliphatic rings. The Morgan fingerprint density at radius 3 is 2.67 bits per heavy atom. The van der Waals surface area contributed by atoms with E-state index >= 15 is 0 Å². The van der Waals surface area contributed by atoms with Crippen LogP contribution in [0.4, 0.5) is 4.39 Å². The molecule has 15 heavy (non-hydrogen) atoms. The number of rotatable bonds is 3. The summed E-state index contributed by atoms with van der Waals surface area (Å²) in [4.78, 5) is 10.4. The first-order chi connectivity index (χ1) is 6.93. The van der Waals surface area contributed by atoms with Gasteiger partial charge in [-0.05, 0) is 43.0 Å². The van der Waals surface area contributed by atoms with E-state index in [1.54, 1.807) is 6.92 Å². The number of halogens is 2. The number of aliphatic carboxylic acids is 1. The Balaban J connectivity index is 3.09. The van der Waals surface area contributed by atoms with Crippen molar-refractivity contribution >= 4 is 17.6 Å². The second kappa shape index (κ2) is 4.62. The molecule has 0 aliphatic carbocycles. The molecule has 1 aromatic rings. The fraction of sp³-hybridized carbons (Fsp3) is 0.364. The van der Waals surface area contributed by atoms with Crippen LogP contribution >= 0.6 is 11.6 Å². The standard InChI is InChI=1S/C11H12ClFO2/c1-6-5-9(13)11(12)8(7(6)2)3-4-10(14)15/h5H,3-4H2,1-2H3,(H,14,15). The number of aryl methyl sites for hydroxylation is 1. The third-order valence-electron chi connectivity index (χ3n) is 2.45. The van der Waals surface area contributed by atoms with Crippen molar-refractivity contribution in [1.82, 2.24) is 0 Å². The van der Waals surface area contributed by atoms with Crippen LogP contribution in [-0.2, 0) is 11.2 Å². The van der Waals surface area contributed by atoms with Gasteiger partial charge in [-0.25, -0.2) is 4.39 Å². The molecule has 0 saturated heterocycles. The van der Waals surface area contributed by atoms with Gasteiger partial charge in [-0.2, -0.15) is 0 Å². The van der Waals surface area contributed by atoms with Gasteiger partial charge in [0.1, 0.15) is 5.82 Å². The van der Waals surface area contributed by atoms with Gasteiger partial charge in [-0.3, -0.25) is 4.79 Å². The van der Waals surface area contributed by atoms with Crippen molar-refractivity contribution in [3.8, 4) is 0 Å². The molecule has 0 radical (unpaired) electrons. The molecule has 1 aromatic carbocycles. The first-order valence-electron chi connectivity index (χ1n) is 4.59. The second-order valence-corrected chi connectivity index (χ2v) is 3.86. The first kappa shape index (κ1) is 12.0. The number of benzene rings is 1. The Morgan fingerprint density at radius 2 is 2.13 bits per heavy atom. The van der Waals surface area contributed by atoms with Gasteiger partial charge < -0.3 is 5.11 Å². The van der Waals surface area contributed by atoms with Crippen LogP contribution in [0, 0.1) is 19.7 Å². The normalized spacial score (nSPS) is 10.4. The van der Waals surface area contributed by atoms with E-state index in [-0.39, 0.29) is 17.9 Å². The van der Waals surface area contributed by atoms with Gasteiger partial charge in [-0.15, -0.1) is 0 Å². The van der Waals surface area contributed by atoms with Crippen LogP contribution < -0.4 is 0 Å². The summed E-state index contributed by atoms with van der Waals surface area (Å²) in [7, 11) is 0. The molecule has 0 amide bonds. The Morgan fingerprint density at radius 1 is 1.53 bits per heavy atom. The van der Waals surface area contributed by atoms with Gasteiger partial charge in [0.2, 0.25) is 0 Å². The van der Waals surface area contributed by atoms with Crippen molar-refractivity contribution in [1.29, 1.82) is 0 Å². The van der Waals surface area contributed by atoms with Crippen LogP contribution in [0.3, 0.4) is 0 Å². The highest BCUT2D eigenvalue weighted by Crippen LogP contribution is 2.27. The van der Waals surface area contributed by atoms with Gasteiger partial charge in [0, 0.05) is 6.42 Å². The molecule has 82 valence electrons. The lowest BCUT2D eigenvalue weighted by atomic mass is 9.99. The van der Waals surface area contributed by atoms with E-state index in [0.717, 1.165) is 11.1 Å². The first-order valence-corrected chi connectivity index (χ1v) is 4.97. The van der Waals surface area contributed by atoms with Gasteiger partial charge in [-0.1, -0.05) is 11.6 Å². The van der Waals surface area contributed by atoms with Crippen LogP contribution in [0.1, 0.15) is 23.1 Å². The number of hydrogen-bond acceptors (Lipinski definition) is 1. The Labute approximate surface area is 92.7 Å². The van der Waals surface area contributed by atoms with E-state index in [4.69, 9.17) is 16.7 Å². The van der Waals surface area contributed by atoms with Gasteiger partial charge in [0.15, 0.2) is 0 Å². The quantitative estimate of drug-likeness (QED) is 0.866. The van der Waals surface area contributed by atoms with Crippen LogP contribution in [0.25, 0.3) is 0 Å².